The first-order chi connectivity index (χ1) is 5.84. The Morgan fingerprint density at radius 3 is 3.00 bits per heavy atom. The van der Waals surface area contributed by atoms with Gasteiger partial charge in [-0.2, -0.15) is 0 Å². The van der Waals surface area contributed by atoms with E-state index in [-0.39, 0.29) is 6.10 Å². The predicted molar refractivity (Wildman–Crippen MR) is 52.0 cm³/mol. The molecule has 0 saturated carbocycles. The van der Waals surface area contributed by atoms with Gasteiger partial charge in [-0.1, -0.05) is 31.9 Å². The fourth-order valence-electron chi connectivity index (χ4n) is 1.81. The summed E-state index contributed by atoms with van der Waals surface area (Å²) < 4.78 is 0. The number of hydrogen-bond donors (Lipinski definition) is 1. The van der Waals surface area contributed by atoms with Gasteiger partial charge in [0.25, 0.3) is 0 Å². The Bertz CT molecular complexity index is 140. The molecule has 0 aromatic rings. The van der Waals surface area contributed by atoms with E-state index in [1.54, 1.807) is 0 Å². The lowest BCUT2D eigenvalue weighted by atomic mass is 9.91. The van der Waals surface area contributed by atoms with Gasteiger partial charge < -0.3 is 5.11 Å². The summed E-state index contributed by atoms with van der Waals surface area (Å²) in [7, 11) is 0. The van der Waals surface area contributed by atoms with Crippen molar-refractivity contribution in [3.05, 3.63) is 12.2 Å². The summed E-state index contributed by atoms with van der Waals surface area (Å²) >= 11 is 0. The van der Waals surface area contributed by atoms with Crippen molar-refractivity contribution in [2.45, 2.75) is 51.6 Å². The van der Waals surface area contributed by atoms with E-state index in [0.29, 0.717) is 5.92 Å². The number of hydrogen-bond acceptors (Lipinski definition) is 1. The van der Waals surface area contributed by atoms with Crippen molar-refractivity contribution in [3.8, 4) is 0 Å². The maximum absolute atomic E-state index is 9.65. The summed E-state index contributed by atoms with van der Waals surface area (Å²) in [5.41, 5.74) is 0. The van der Waals surface area contributed by atoms with Gasteiger partial charge in [0.15, 0.2) is 0 Å². The van der Waals surface area contributed by atoms with Gasteiger partial charge in [0.1, 0.15) is 0 Å². The van der Waals surface area contributed by atoms with E-state index in [1.807, 2.05) is 0 Å². The first-order valence-corrected chi connectivity index (χ1v) is 5.19. The van der Waals surface area contributed by atoms with Crippen molar-refractivity contribution < 1.29 is 5.11 Å². The third-order valence-corrected chi connectivity index (χ3v) is 2.70. The molecular weight excluding hydrogens is 148 g/mol. The van der Waals surface area contributed by atoms with Gasteiger partial charge in [-0.15, -0.1) is 0 Å². The molecule has 1 heteroatoms. The maximum atomic E-state index is 9.65. The van der Waals surface area contributed by atoms with E-state index in [0.717, 1.165) is 6.42 Å². The summed E-state index contributed by atoms with van der Waals surface area (Å²) in [4.78, 5) is 0. The lowest BCUT2D eigenvalue weighted by molar-refractivity contribution is 0.119. The summed E-state index contributed by atoms with van der Waals surface area (Å²) in [6, 6.07) is 0. The zero-order chi connectivity index (χ0) is 8.81. The molecule has 2 unspecified atom stereocenters. The average molecular weight is 168 g/mol. The highest BCUT2D eigenvalue weighted by atomic mass is 16.3. The van der Waals surface area contributed by atoms with E-state index >= 15 is 0 Å². The molecule has 1 N–H and O–H groups in total. The van der Waals surface area contributed by atoms with Crippen molar-refractivity contribution in [2.75, 3.05) is 0 Å². The molecular formula is C11H20O. The van der Waals surface area contributed by atoms with Gasteiger partial charge in [0.2, 0.25) is 0 Å². The molecule has 70 valence electrons. The summed E-state index contributed by atoms with van der Waals surface area (Å²) in [6.07, 6.45) is 11.5. The van der Waals surface area contributed by atoms with Gasteiger partial charge in [0.05, 0.1) is 6.10 Å². The van der Waals surface area contributed by atoms with Crippen molar-refractivity contribution in [2.24, 2.45) is 5.92 Å². The van der Waals surface area contributed by atoms with Crippen molar-refractivity contribution in [1.82, 2.24) is 0 Å². The van der Waals surface area contributed by atoms with E-state index in [2.05, 4.69) is 19.1 Å². The largest absolute Gasteiger partial charge is 0.393 e. The van der Waals surface area contributed by atoms with Gasteiger partial charge >= 0.3 is 0 Å². The normalized spacial score (nSPS) is 30.3. The Labute approximate surface area is 75.5 Å². The molecule has 0 bridgehead atoms. The Morgan fingerprint density at radius 2 is 2.25 bits per heavy atom. The van der Waals surface area contributed by atoms with Crippen LogP contribution in [0.3, 0.4) is 0 Å². The van der Waals surface area contributed by atoms with Crippen LogP contribution in [0.2, 0.25) is 0 Å². The van der Waals surface area contributed by atoms with Crippen molar-refractivity contribution in [1.29, 1.82) is 0 Å². The maximum Gasteiger partial charge on any atom is 0.0600 e. The second-order valence-corrected chi connectivity index (χ2v) is 3.71. The minimum atomic E-state index is -0.112. The first kappa shape index (κ1) is 9.79. The molecule has 0 saturated heterocycles. The van der Waals surface area contributed by atoms with Gasteiger partial charge in [-0.25, -0.2) is 0 Å². The smallest absolute Gasteiger partial charge is 0.0600 e. The molecule has 0 aliphatic heterocycles. The number of aliphatic hydroxyl groups is 1. The van der Waals surface area contributed by atoms with E-state index in [1.165, 1.54) is 32.1 Å². The highest BCUT2D eigenvalue weighted by molar-refractivity contribution is 4.92. The van der Waals surface area contributed by atoms with Crippen LogP contribution < -0.4 is 0 Å². The molecule has 1 aliphatic rings. The average Bonchev–Trinajstić information content (AvgIpc) is 2.02. The number of allylic oxidation sites excluding steroid dienone is 1. The molecule has 1 rings (SSSR count). The Hall–Kier alpha value is -0.300. The Morgan fingerprint density at radius 1 is 1.42 bits per heavy atom. The van der Waals surface area contributed by atoms with Crippen LogP contribution in [0.1, 0.15) is 45.4 Å². The molecule has 1 aliphatic carbocycles. The lowest BCUT2D eigenvalue weighted by Crippen LogP contribution is -2.17. The van der Waals surface area contributed by atoms with Crippen molar-refractivity contribution in [3.63, 3.8) is 0 Å². The molecule has 0 heterocycles. The van der Waals surface area contributed by atoms with Crippen molar-refractivity contribution >= 4 is 0 Å². The van der Waals surface area contributed by atoms with Crippen LogP contribution in [-0.2, 0) is 0 Å². The quantitative estimate of drug-likeness (QED) is 0.629. The topological polar surface area (TPSA) is 20.2 Å². The van der Waals surface area contributed by atoms with Crippen LogP contribution in [0.5, 0.6) is 0 Å². The monoisotopic (exact) mass is 168 g/mol. The standard InChI is InChI=1S/C11H20O/c1-2-11(12)10-8-6-4-3-5-7-9-10/h6,8,10-12H,2-5,7,9H2,1H3/b8-6-. The molecule has 0 amide bonds. The molecule has 2 atom stereocenters. The summed E-state index contributed by atoms with van der Waals surface area (Å²) in [5.74, 6) is 0.426. The second-order valence-electron chi connectivity index (χ2n) is 3.71. The van der Waals surface area contributed by atoms with Gasteiger partial charge in [-0.05, 0) is 25.7 Å². The van der Waals surface area contributed by atoms with Crippen LogP contribution in [0, 0.1) is 5.92 Å². The van der Waals surface area contributed by atoms with Crippen LogP contribution in [0.25, 0.3) is 0 Å². The second kappa shape index (κ2) is 5.36. The molecule has 12 heavy (non-hydrogen) atoms. The number of aliphatic hydroxyl groups excluding tert-OH is 1. The van der Waals surface area contributed by atoms with Gasteiger partial charge in [-0.3, -0.25) is 0 Å². The molecule has 1 nitrogen and oxygen atoms in total. The molecule has 0 aromatic carbocycles. The Balaban J connectivity index is 2.43. The fourth-order valence-corrected chi connectivity index (χ4v) is 1.81. The van der Waals surface area contributed by atoms with E-state index in [9.17, 15) is 5.11 Å². The minimum absolute atomic E-state index is 0.112. The third-order valence-electron chi connectivity index (χ3n) is 2.70. The lowest BCUT2D eigenvalue weighted by Gasteiger charge is -2.19. The molecule has 0 radical (unpaired) electrons. The SMILES string of the molecule is CCC(O)C1/C=C\CCCCC1. The summed E-state index contributed by atoms with van der Waals surface area (Å²) in [5, 5.41) is 9.65. The predicted octanol–water partition coefficient (Wildman–Crippen LogP) is 2.89. The highest BCUT2D eigenvalue weighted by Gasteiger charge is 2.14. The Kier molecular flexibility index (Phi) is 4.37. The fraction of sp³-hybridized carbons (Fsp3) is 0.818. The van der Waals surface area contributed by atoms with Crippen LogP contribution in [-0.4, -0.2) is 11.2 Å². The summed E-state index contributed by atoms with van der Waals surface area (Å²) in [6.45, 7) is 2.05. The first-order valence-electron chi connectivity index (χ1n) is 5.19. The van der Waals surface area contributed by atoms with Crippen LogP contribution >= 0.6 is 0 Å². The molecule has 0 fully saturated rings. The minimum Gasteiger partial charge on any atom is -0.393 e. The molecule has 0 spiro atoms. The highest BCUT2D eigenvalue weighted by Crippen LogP contribution is 2.21. The zero-order valence-corrected chi connectivity index (χ0v) is 8.00. The van der Waals surface area contributed by atoms with Gasteiger partial charge in [0, 0.05) is 5.92 Å². The zero-order valence-electron chi connectivity index (χ0n) is 8.00. The number of rotatable bonds is 2. The van der Waals surface area contributed by atoms with E-state index < -0.39 is 0 Å². The van der Waals surface area contributed by atoms with E-state index in [4.69, 9.17) is 0 Å². The third kappa shape index (κ3) is 2.98. The van der Waals surface area contributed by atoms with Crippen LogP contribution in [0.4, 0.5) is 0 Å². The van der Waals surface area contributed by atoms with Crippen LogP contribution in [0.15, 0.2) is 12.2 Å². The molecule has 0 aromatic heterocycles.